The van der Waals surface area contributed by atoms with E-state index in [0.29, 0.717) is 11.7 Å². The molecule has 0 radical (unpaired) electrons. The first-order chi connectivity index (χ1) is 6.09. The van der Waals surface area contributed by atoms with Gasteiger partial charge in [0.15, 0.2) is 5.13 Å². The number of aliphatic hydroxyl groups is 1. The summed E-state index contributed by atoms with van der Waals surface area (Å²) >= 11 is 1.29. The smallest absolute Gasteiger partial charge is 0.268 e. The monoisotopic (exact) mass is 201 g/mol. The van der Waals surface area contributed by atoms with Crippen LogP contribution in [0.2, 0.25) is 0 Å². The SMILES string of the molecule is C[C@H](O)CNc1nc(C(N)=O)cs1. The largest absolute Gasteiger partial charge is 0.392 e. The minimum absolute atomic E-state index is 0.248. The van der Waals surface area contributed by atoms with E-state index >= 15 is 0 Å². The molecule has 1 rings (SSSR count). The maximum atomic E-state index is 10.6. The van der Waals surface area contributed by atoms with E-state index in [1.165, 1.54) is 11.3 Å². The Labute approximate surface area is 79.6 Å². The topological polar surface area (TPSA) is 88.2 Å². The van der Waals surface area contributed by atoms with Crippen LogP contribution in [0.4, 0.5) is 5.13 Å². The van der Waals surface area contributed by atoms with Crippen LogP contribution >= 0.6 is 11.3 Å². The first-order valence-corrected chi connectivity index (χ1v) is 4.65. The average molecular weight is 201 g/mol. The summed E-state index contributed by atoms with van der Waals surface area (Å²) in [4.78, 5) is 14.5. The molecular weight excluding hydrogens is 190 g/mol. The highest BCUT2D eigenvalue weighted by Crippen LogP contribution is 2.14. The van der Waals surface area contributed by atoms with E-state index in [-0.39, 0.29) is 5.69 Å². The van der Waals surface area contributed by atoms with Gasteiger partial charge < -0.3 is 16.2 Å². The quantitative estimate of drug-likeness (QED) is 0.641. The Morgan fingerprint density at radius 2 is 2.62 bits per heavy atom. The number of hydrogen-bond acceptors (Lipinski definition) is 5. The van der Waals surface area contributed by atoms with Gasteiger partial charge in [-0.1, -0.05) is 0 Å². The number of aliphatic hydroxyl groups excluding tert-OH is 1. The van der Waals surface area contributed by atoms with Gasteiger partial charge in [0.05, 0.1) is 6.10 Å². The van der Waals surface area contributed by atoms with Crippen molar-refractivity contribution in [1.82, 2.24) is 4.98 Å². The van der Waals surface area contributed by atoms with Crippen LogP contribution in [0, 0.1) is 0 Å². The number of nitrogens with one attached hydrogen (secondary N) is 1. The van der Waals surface area contributed by atoms with Crippen molar-refractivity contribution in [2.45, 2.75) is 13.0 Å². The summed E-state index contributed by atoms with van der Waals surface area (Å²) in [6, 6.07) is 0. The van der Waals surface area contributed by atoms with Gasteiger partial charge in [0, 0.05) is 11.9 Å². The molecule has 0 aliphatic rings. The lowest BCUT2D eigenvalue weighted by molar-refractivity contribution is 0.0996. The lowest BCUT2D eigenvalue weighted by atomic mass is 10.4. The summed E-state index contributed by atoms with van der Waals surface area (Å²) in [5.74, 6) is -0.540. The van der Waals surface area contributed by atoms with Crippen molar-refractivity contribution < 1.29 is 9.90 Å². The Bertz CT molecular complexity index is 298. The third kappa shape index (κ3) is 3.00. The van der Waals surface area contributed by atoms with Crippen molar-refractivity contribution in [3.8, 4) is 0 Å². The molecule has 0 aromatic carbocycles. The Morgan fingerprint density at radius 3 is 3.08 bits per heavy atom. The fourth-order valence-electron chi connectivity index (χ4n) is 0.703. The Balaban J connectivity index is 2.54. The fourth-order valence-corrected chi connectivity index (χ4v) is 1.41. The first-order valence-electron chi connectivity index (χ1n) is 3.77. The standard InChI is InChI=1S/C7H11N3O2S/c1-4(11)2-9-7-10-5(3-13-7)6(8)12/h3-4,11H,2H2,1H3,(H2,8,12)(H,9,10)/t4-/m0/s1. The minimum atomic E-state index is -0.540. The zero-order valence-corrected chi connectivity index (χ0v) is 7.97. The molecule has 0 aliphatic heterocycles. The van der Waals surface area contributed by atoms with Gasteiger partial charge in [0.1, 0.15) is 5.69 Å². The number of nitrogens with zero attached hydrogens (tertiary/aromatic N) is 1. The van der Waals surface area contributed by atoms with E-state index in [1.54, 1.807) is 12.3 Å². The van der Waals surface area contributed by atoms with Crippen molar-refractivity contribution >= 4 is 22.4 Å². The third-order valence-electron chi connectivity index (χ3n) is 1.31. The predicted molar refractivity (Wildman–Crippen MR) is 50.8 cm³/mol. The van der Waals surface area contributed by atoms with E-state index in [1.807, 2.05) is 0 Å². The average Bonchev–Trinajstić information content (AvgIpc) is 2.48. The second-order valence-electron chi connectivity index (χ2n) is 2.63. The highest BCUT2D eigenvalue weighted by atomic mass is 32.1. The van der Waals surface area contributed by atoms with Gasteiger partial charge >= 0.3 is 0 Å². The molecule has 0 fully saturated rings. The summed E-state index contributed by atoms with van der Waals surface area (Å²) in [5, 5.41) is 14.0. The zero-order chi connectivity index (χ0) is 9.84. The highest BCUT2D eigenvalue weighted by Gasteiger charge is 2.06. The number of carbonyl (C=O) groups excluding carboxylic acids is 1. The van der Waals surface area contributed by atoms with Crippen LogP contribution in [0.25, 0.3) is 0 Å². The van der Waals surface area contributed by atoms with E-state index < -0.39 is 12.0 Å². The van der Waals surface area contributed by atoms with Gasteiger partial charge in [-0.25, -0.2) is 4.98 Å². The van der Waals surface area contributed by atoms with Crippen LogP contribution in [0.1, 0.15) is 17.4 Å². The Hall–Kier alpha value is -1.14. The van der Waals surface area contributed by atoms with Gasteiger partial charge in [0.25, 0.3) is 5.91 Å². The van der Waals surface area contributed by atoms with Gasteiger partial charge in [-0.3, -0.25) is 4.79 Å². The number of carbonyl (C=O) groups is 1. The molecule has 0 spiro atoms. The second kappa shape index (κ2) is 4.20. The highest BCUT2D eigenvalue weighted by molar-refractivity contribution is 7.13. The number of rotatable bonds is 4. The van der Waals surface area contributed by atoms with Crippen molar-refractivity contribution in [3.63, 3.8) is 0 Å². The molecule has 6 heteroatoms. The fraction of sp³-hybridized carbons (Fsp3) is 0.429. The molecule has 0 aliphatic carbocycles. The molecular formula is C7H11N3O2S. The van der Waals surface area contributed by atoms with Gasteiger partial charge in [-0.15, -0.1) is 11.3 Å². The molecule has 1 aromatic heterocycles. The van der Waals surface area contributed by atoms with E-state index in [0.717, 1.165) is 0 Å². The molecule has 0 bridgehead atoms. The number of amides is 1. The number of thiazole rings is 1. The summed E-state index contributed by atoms with van der Waals surface area (Å²) < 4.78 is 0. The molecule has 0 unspecified atom stereocenters. The van der Waals surface area contributed by atoms with E-state index in [4.69, 9.17) is 10.8 Å². The van der Waals surface area contributed by atoms with Crippen LogP contribution < -0.4 is 11.1 Å². The normalized spacial score (nSPS) is 12.5. The molecule has 0 saturated heterocycles. The zero-order valence-electron chi connectivity index (χ0n) is 7.15. The summed E-state index contributed by atoms with van der Waals surface area (Å²) in [6.07, 6.45) is -0.444. The molecule has 13 heavy (non-hydrogen) atoms. The Kier molecular flexibility index (Phi) is 3.21. The van der Waals surface area contributed by atoms with E-state index in [2.05, 4.69) is 10.3 Å². The predicted octanol–water partition coefficient (Wildman–Crippen LogP) is 0.0347. The van der Waals surface area contributed by atoms with Crippen LogP contribution in [-0.2, 0) is 0 Å². The van der Waals surface area contributed by atoms with Crippen molar-refractivity contribution in [3.05, 3.63) is 11.1 Å². The second-order valence-corrected chi connectivity index (χ2v) is 3.49. The van der Waals surface area contributed by atoms with E-state index in [9.17, 15) is 4.79 Å². The lowest BCUT2D eigenvalue weighted by Gasteiger charge is -2.03. The number of nitrogens with two attached hydrogens (primary N) is 1. The van der Waals surface area contributed by atoms with Crippen molar-refractivity contribution in [2.24, 2.45) is 5.73 Å². The van der Waals surface area contributed by atoms with Crippen LogP contribution in [0.3, 0.4) is 0 Å². The first kappa shape index (κ1) is 9.94. The number of primary amides is 1. The number of aromatic nitrogens is 1. The van der Waals surface area contributed by atoms with Crippen molar-refractivity contribution in [2.75, 3.05) is 11.9 Å². The summed E-state index contributed by atoms with van der Waals surface area (Å²) in [5.41, 5.74) is 5.26. The molecule has 72 valence electrons. The summed E-state index contributed by atoms with van der Waals surface area (Å²) in [7, 11) is 0. The Morgan fingerprint density at radius 1 is 1.92 bits per heavy atom. The third-order valence-corrected chi connectivity index (χ3v) is 2.11. The molecule has 0 saturated carbocycles. The minimum Gasteiger partial charge on any atom is -0.392 e. The van der Waals surface area contributed by atoms with Crippen LogP contribution in [-0.4, -0.2) is 28.6 Å². The molecule has 1 heterocycles. The summed E-state index contributed by atoms with van der Waals surface area (Å²) in [6.45, 7) is 2.07. The number of hydrogen-bond donors (Lipinski definition) is 3. The van der Waals surface area contributed by atoms with Crippen molar-refractivity contribution in [1.29, 1.82) is 0 Å². The maximum Gasteiger partial charge on any atom is 0.268 e. The van der Waals surface area contributed by atoms with Gasteiger partial charge in [-0.05, 0) is 6.92 Å². The van der Waals surface area contributed by atoms with Gasteiger partial charge in [-0.2, -0.15) is 0 Å². The molecule has 4 N–H and O–H groups in total. The molecule has 5 nitrogen and oxygen atoms in total. The van der Waals surface area contributed by atoms with Crippen LogP contribution in [0.15, 0.2) is 5.38 Å². The van der Waals surface area contributed by atoms with Gasteiger partial charge in [0.2, 0.25) is 0 Å². The van der Waals surface area contributed by atoms with Crippen LogP contribution in [0.5, 0.6) is 0 Å². The lowest BCUT2D eigenvalue weighted by Crippen LogP contribution is -2.16. The molecule has 1 atom stereocenters. The maximum absolute atomic E-state index is 10.6. The molecule has 1 aromatic rings. The molecule has 1 amide bonds. The number of anilines is 1.